The fourth-order valence-electron chi connectivity index (χ4n) is 4.00. The van der Waals surface area contributed by atoms with Crippen LogP contribution in [0.25, 0.3) is 10.9 Å². The molecule has 2 aromatic heterocycles. The van der Waals surface area contributed by atoms with Crippen molar-refractivity contribution < 1.29 is 0 Å². The summed E-state index contributed by atoms with van der Waals surface area (Å²) >= 11 is 0. The number of likely N-dealkylation sites (tertiary alicyclic amines) is 1. The Labute approximate surface area is 131 Å². The lowest BCUT2D eigenvalue weighted by Gasteiger charge is -2.40. The molecule has 1 N–H and O–H groups in total. The van der Waals surface area contributed by atoms with Crippen LogP contribution in [0, 0.1) is 0 Å². The quantitative estimate of drug-likeness (QED) is 0.926. The summed E-state index contributed by atoms with van der Waals surface area (Å²) in [6.07, 6.45) is 6.62. The van der Waals surface area contributed by atoms with Crippen LogP contribution in [-0.4, -0.2) is 51.8 Å². The Bertz CT molecular complexity index is 654. The molecular weight excluding hydrogens is 274 g/mol. The molecule has 5 nitrogen and oxygen atoms in total. The first-order chi connectivity index (χ1) is 10.7. The molecule has 1 fully saturated rings. The lowest BCUT2D eigenvalue weighted by molar-refractivity contribution is 0.169. The maximum Gasteiger partial charge on any atom is 0.140 e. The van der Waals surface area contributed by atoms with Gasteiger partial charge in [0, 0.05) is 37.9 Å². The third kappa shape index (κ3) is 2.28. The largest absolute Gasteiger partial charge is 0.353 e. The maximum atomic E-state index is 4.73. The average Bonchev–Trinajstić information content (AvgIpc) is 2.85. The van der Waals surface area contributed by atoms with Gasteiger partial charge in [-0.1, -0.05) is 0 Å². The number of anilines is 1. The van der Waals surface area contributed by atoms with Crippen LogP contribution in [-0.2, 0) is 6.42 Å². The maximum absolute atomic E-state index is 4.73. The van der Waals surface area contributed by atoms with Gasteiger partial charge in [0.05, 0.1) is 16.6 Å². The van der Waals surface area contributed by atoms with Crippen LogP contribution in [0.5, 0.6) is 0 Å². The van der Waals surface area contributed by atoms with E-state index in [1.54, 1.807) is 0 Å². The van der Waals surface area contributed by atoms with Crippen molar-refractivity contribution in [1.82, 2.24) is 20.1 Å². The van der Waals surface area contributed by atoms with E-state index in [0.717, 1.165) is 24.3 Å². The van der Waals surface area contributed by atoms with Crippen LogP contribution in [0.2, 0.25) is 0 Å². The number of aromatic amines is 1. The van der Waals surface area contributed by atoms with Gasteiger partial charge < -0.3 is 9.80 Å². The Morgan fingerprint density at radius 3 is 2.82 bits per heavy atom. The van der Waals surface area contributed by atoms with Crippen molar-refractivity contribution in [2.75, 3.05) is 24.5 Å². The highest BCUT2D eigenvalue weighted by atomic mass is 15.3. The van der Waals surface area contributed by atoms with E-state index >= 15 is 0 Å². The number of nitrogens with zero attached hydrogens (tertiary/aromatic N) is 4. The molecule has 2 aliphatic heterocycles. The van der Waals surface area contributed by atoms with Gasteiger partial charge in [0.25, 0.3) is 0 Å². The topological polar surface area (TPSA) is 48.0 Å². The average molecular weight is 299 g/mol. The smallest absolute Gasteiger partial charge is 0.140 e. The lowest BCUT2D eigenvalue weighted by Crippen LogP contribution is -2.47. The number of nitrogens with one attached hydrogen (secondary N) is 1. The second-order valence-electron chi connectivity index (χ2n) is 6.89. The summed E-state index contributed by atoms with van der Waals surface area (Å²) < 4.78 is 0. The number of aryl methyl sites for hydroxylation is 1. The molecule has 4 heterocycles. The standard InChI is InChI=1S/C17H25N5/c1-12(2)21-10-6-13(7-11-21)22-9-3-4-14-16-15(20-19-14)5-8-18-17(16)22/h5,8,12-13H,3-4,6-7,9-11H2,1-2H3,(H,19,20). The normalized spacial score (nSPS) is 20.8. The van der Waals surface area contributed by atoms with Gasteiger partial charge in [0.1, 0.15) is 5.82 Å². The second kappa shape index (κ2) is 5.54. The molecule has 1 saturated heterocycles. The first kappa shape index (κ1) is 14.0. The van der Waals surface area contributed by atoms with E-state index in [1.165, 1.54) is 43.4 Å². The SMILES string of the molecule is CC(C)N1CCC(N2CCCc3n[nH]c4ccnc2c34)CC1. The summed E-state index contributed by atoms with van der Waals surface area (Å²) in [5.41, 5.74) is 2.33. The van der Waals surface area contributed by atoms with Crippen LogP contribution in [0.15, 0.2) is 12.3 Å². The number of H-pyrrole nitrogens is 1. The van der Waals surface area contributed by atoms with Gasteiger partial charge in [-0.3, -0.25) is 5.10 Å². The molecule has 0 atom stereocenters. The predicted octanol–water partition coefficient (Wildman–Crippen LogP) is 2.58. The highest BCUT2D eigenvalue weighted by Crippen LogP contribution is 2.33. The van der Waals surface area contributed by atoms with Crippen molar-refractivity contribution in [2.24, 2.45) is 0 Å². The van der Waals surface area contributed by atoms with E-state index in [-0.39, 0.29) is 0 Å². The molecule has 0 radical (unpaired) electrons. The van der Waals surface area contributed by atoms with Gasteiger partial charge in [0.2, 0.25) is 0 Å². The Morgan fingerprint density at radius 2 is 2.05 bits per heavy atom. The third-order valence-electron chi connectivity index (χ3n) is 5.29. The van der Waals surface area contributed by atoms with Crippen molar-refractivity contribution >= 4 is 16.7 Å². The number of rotatable bonds is 2. The van der Waals surface area contributed by atoms with Crippen molar-refractivity contribution in [3.05, 3.63) is 18.0 Å². The Kier molecular flexibility index (Phi) is 3.53. The van der Waals surface area contributed by atoms with E-state index in [4.69, 9.17) is 4.98 Å². The molecule has 0 aromatic carbocycles. The number of aromatic nitrogens is 3. The Hall–Kier alpha value is -1.62. The molecule has 2 aromatic rings. The molecule has 0 spiro atoms. The minimum absolute atomic E-state index is 0.619. The summed E-state index contributed by atoms with van der Waals surface area (Å²) in [6.45, 7) is 8.10. The van der Waals surface area contributed by atoms with Crippen molar-refractivity contribution in [3.63, 3.8) is 0 Å². The summed E-state index contributed by atoms with van der Waals surface area (Å²) in [5.74, 6) is 1.15. The van der Waals surface area contributed by atoms with Crippen molar-refractivity contribution in [3.8, 4) is 0 Å². The summed E-state index contributed by atoms with van der Waals surface area (Å²) in [6, 6.07) is 3.32. The molecule has 0 unspecified atom stereocenters. The minimum atomic E-state index is 0.619. The van der Waals surface area contributed by atoms with Crippen LogP contribution >= 0.6 is 0 Å². The van der Waals surface area contributed by atoms with Gasteiger partial charge in [-0.05, 0) is 45.6 Å². The lowest BCUT2D eigenvalue weighted by atomic mass is 10.0. The van der Waals surface area contributed by atoms with Gasteiger partial charge in [-0.25, -0.2) is 4.98 Å². The first-order valence-electron chi connectivity index (χ1n) is 8.56. The molecule has 0 amide bonds. The van der Waals surface area contributed by atoms with Gasteiger partial charge >= 0.3 is 0 Å². The minimum Gasteiger partial charge on any atom is -0.353 e. The summed E-state index contributed by atoms with van der Waals surface area (Å²) in [7, 11) is 0. The third-order valence-corrected chi connectivity index (χ3v) is 5.29. The zero-order valence-corrected chi connectivity index (χ0v) is 13.5. The number of pyridine rings is 1. The monoisotopic (exact) mass is 299 g/mol. The van der Waals surface area contributed by atoms with Crippen LogP contribution < -0.4 is 4.90 Å². The first-order valence-corrected chi connectivity index (χ1v) is 8.56. The van der Waals surface area contributed by atoms with Crippen molar-refractivity contribution in [1.29, 1.82) is 0 Å². The zero-order valence-electron chi connectivity index (χ0n) is 13.5. The summed E-state index contributed by atoms with van der Waals surface area (Å²) in [5, 5.41) is 8.92. The summed E-state index contributed by atoms with van der Waals surface area (Å²) in [4.78, 5) is 9.88. The van der Waals surface area contributed by atoms with Gasteiger partial charge in [-0.2, -0.15) is 5.10 Å². The molecule has 0 saturated carbocycles. The van der Waals surface area contributed by atoms with E-state index in [2.05, 4.69) is 33.8 Å². The molecule has 0 aliphatic carbocycles. The second-order valence-corrected chi connectivity index (χ2v) is 6.89. The van der Waals surface area contributed by atoms with E-state index in [0.29, 0.717) is 12.1 Å². The Balaban J connectivity index is 1.64. The van der Waals surface area contributed by atoms with E-state index in [1.807, 2.05) is 12.3 Å². The van der Waals surface area contributed by atoms with E-state index < -0.39 is 0 Å². The molecule has 22 heavy (non-hydrogen) atoms. The molecule has 2 aliphatic rings. The van der Waals surface area contributed by atoms with Crippen molar-refractivity contribution in [2.45, 2.75) is 51.6 Å². The van der Waals surface area contributed by atoms with Crippen LogP contribution in [0.1, 0.15) is 38.8 Å². The molecule has 4 rings (SSSR count). The van der Waals surface area contributed by atoms with Crippen LogP contribution in [0.4, 0.5) is 5.82 Å². The fourth-order valence-corrected chi connectivity index (χ4v) is 4.00. The Morgan fingerprint density at radius 1 is 1.23 bits per heavy atom. The molecule has 118 valence electrons. The van der Waals surface area contributed by atoms with Gasteiger partial charge in [0.15, 0.2) is 0 Å². The number of piperidine rings is 1. The molecular formula is C17H25N5. The zero-order chi connectivity index (χ0) is 15.1. The van der Waals surface area contributed by atoms with Gasteiger partial charge in [-0.15, -0.1) is 0 Å². The number of hydrogen-bond donors (Lipinski definition) is 1. The predicted molar refractivity (Wildman–Crippen MR) is 89.3 cm³/mol. The van der Waals surface area contributed by atoms with E-state index in [9.17, 15) is 0 Å². The van der Waals surface area contributed by atoms with Crippen LogP contribution in [0.3, 0.4) is 0 Å². The number of hydrogen-bond acceptors (Lipinski definition) is 4. The highest BCUT2D eigenvalue weighted by molar-refractivity contribution is 5.92. The molecule has 0 bridgehead atoms. The highest BCUT2D eigenvalue weighted by Gasteiger charge is 2.29. The molecule has 5 heteroatoms. The fraction of sp³-hybridized carbons (Fsp3) is 0.647.